The third kappa shape index (κ3) is 3.82. The van der Waals surface area contributed by atoms with Crippen molar-refractivity contribution in [1.82, 2.24) is 15.1 Å². The van der Waals surface area contributed by atoms with Crippen LogP contribution in [0.2, 0.25) is 0 Å². The Balaban J connectivity index is 1.85. The van der Waals surface area contributed by atoms with Gasteiger partial charge < -0.3 is 11.1 Å². The van der Waals surface area contributed by atoms with E-state index >= 15 is 0 Å². The molecule has 112 valence electrons. The van der Waals surface area contributed by atoms with E-state index in [2.05, 4.69) is 17.3 Å². The van der Waals surface area contributed by atoms with Gasteiger partial charge in [0.05, 0.1) is 5.69 Å². The molecule has 1 aromatic heterocycles. The van der Waals surface area contributed by atoms with Crippen LogP contribution in [0.4, 0.5) is 0 Å². The Labute approximate surface area is 120 Å². The van der Waals surface area contributed by atoms with Crippen molar-refractivity contribution in [3.63, 3.8) is 0 Å². The Morgan fingerprint density at radius 1 is 1.45 bits per heavy atom. The predicted octanol–water partition coefficient (Wildman–Crippen LogP) is 1.65. The summed E-state index contributed by atoms with van der Waals surface area (Å²) in [5, 5.41) is 7.36. The van der Waals surface area contributed by atoms with Crippen molar-refractivity contribution in [3.05, 3.63) is 17.5 Å². The molecule has 1 amide bonds. The van der Waals surface area contributed by atoms with Crippen molar-refractivity contribution in [2.24, 2.45) is 12.8 Å². The molecule has 1 aliphatic carbocycles. The molecule has 5 nitrogen and oxygen atoms in total. The van der Waals surface area contributed by atoms with E-state index in [4.69, 9.17) is 5.73 Å². The van der Waals surface area contributed by atoms with Crippen LogP contribution in [0.15, 0.2) is 6.20 Å². The lowest BCUT2D eigenvalue weighted by atomic mass is 9.80. The first-order valence-corrected chi connectivity index (χ1v) is 7.59. The fourth-order valence-electron chi connectivity index (χ4n) is 3.04. The molecule has 1 aromatic rings. The smallest absolute Gasteiger partial charge is 0.222 e. The molecule has 2 rings (SSSR count). The molecule has 3 N–H and O–H groups in total. The van der Waals surface area contributed by atoms with Crippen molar-refractivity contribution >= 4 is 5.91 Å². The SMILES string of the molecule is CCc1nn(C)cc1CNC(=O)CC1(N)CCCCC1. The molecule has 1 heterocycles. The van der Waals surface area contributed by atoms with E-state index in [1.54, 1.807) is 4.68 Å². The van der Waals surface area contributed by atoms with E-state index in [1.165, 1.54) is 6.42 Å². The molecule has 0 unspecified atom stereocenters. The highest BCUT2D eigenvalue weighted by Gasteiger charge is 2.29. The number of rotatable bonds is 5. The van der Waals surface area contributed by atoms with Crippen LogP contribution in [-0.4, -0.2) is 21.2 Å². The van der Waals surface area contributed by atoms with Gasteiger partial charge in [0.15, 0.2) is 0 Å². The molecule has 5 heteroatoms. The van der Waals surface area contributed by atoms with E-state index in [9.17, 15) is 4.79 Å². The maximum Gasteiger partial charge on any atom is 0.222 e. The number of carbonyl (C=O) groups excluding carboxylic acids is 1. The Morgan fingerprint density at radius 3 is 2.80 bits per heavy atom. The topological polar surface area (TPSA) is 72.9 Å². The van der Waals surface area contributed by atoms with E-state index in [1.807, 2.05) is 13.2 Å². The number of aromatic nitrogens is 2. The zero-order valence-corrected chi connectivity index (χ0v) is 12.6. The first-order valence-electron chi connectivity index (χ1n) is 7.59. The summed E-state index contributed by atoms with van der Waals surface area (Å²) in [6.07, 6.45) is 8.76. The van der Waals surface area contributed by atoms with Gasteiger partial charge in [-0.05, 0) is 19.3 Å². The lowest BCUT2D eigenvalue weighted by Crippen LogP contribution is -2.45. The van der Waals surface area contributed by atoms with Crippen molar-refractivity contribution in [1.29, 1.82) is 0 Å². The molecule has 0 bridgehead atoms. The summed E-state index contributed by atoms with van der Waals surface area (Å²) in [7, 11) is 1.90. The number of aryl methyl sites for hydroxylation is 2. The standard InChI is InChI=1S/C15H26N4O/c1-3-13-12(11-19(2)18-13)10-17-14(20)9-15(16)7-5-4-6-8-15/h11H,3-10,16H2,1-2H3,(H,17,20). The molecule has 1 saturated carbocycles. The van der Waals surface area contributed by atoms with Crippen molar-refractivity contribution in [2.75, 3.05) is 0 Å². The zero-order chi connectivity index (χ0) is 14.6. The fourth-order valence-corrected chi connectivity index (χ4v) is 3.04. The second-order valence-corrected chi connectivity index (χ2v) is 6.00. The highest BCUT2D eigenvalue weighted by Crippen LogP contribution is 2.28. The Hall–Kier alpha value is -1.36. The first kappa shape index (κ1) is 15.0. The lowest BCUT2D eigenvalue weighted by molar-refractivity contribution is -0.122. The molecule has 0 spiro atoms. The second kappa shape index (κ2) is 6.39. The number of amides is 1. The first-order chi connectivity index (χ1) is 9.52. The molecular weight excluding hydrogens is 252 g/mol. The van der Waals surface area contributed by atoms with Crippen LogP contribution in [0.5, 0.6) is 0 Å². The van der Waals surface area contributed by atoms with E-state index in [0.29, 0.717) is 13.0 Å². The highest BCUT2D eigenvalue weighted by atomic mass is 16.1. The van der Waals surface area contributed by atoms with Crippen LogP contribution in [-0.2, 0) is 24.8 Å². The van der Waals surface area contributed by atoms with E-state index < -0.39 is 0 Å². The van der Waals surface area contributed by atoms with Crippen LogP contribution < -0.4 is 11.1 Å². The van der Waals surface area contributed by atoms with Crippen molar-refractivity contribution in [3.8, 4) is 0 Å². The van der Waals surface area contributed by atoms with Gasteiger partial charge in [-0.2, -0.15) is 5.10 Å². The van der Waals surface area contributed by atoms with Gasteiger partial charge in [0.2, 0.25) is 5.91 Å². The molecule has 0 aromatic carbocycles. The number of hydrogen-bond donors (Lipinski definition) is 2. The highest BCUT2D eigenvalue weighted by molar-refractivity contribution is 5.77. The monoisotopic (exact) mass is 278 g/mol. The van der Waals surface area contributed by atoms with Gasteiger partial charge in [-0.25, -0.2) is 0 Å². The maximum absolute atomic E-state index is 12.1. The minimum absolute atomic E-state index is 0.0558. The van der Waals surface area contributed by atoms with Gasteiger partial charge in [-0.15, -0.1) is 0 Å². The number of nitrogens with two attached hydrogens (primary N) is 1. The summed E-state index contributed by atoms with van der Waals surface area (Å²) < 4.78 is 1.80. The van der Waals surface area contributed by atoms with Crippen LogP contribution in [0.1, 0.15) is 56.7 Å². The molecule has 1 aliphatic rings. The third-order valence-electron chi connectivity index (χ3n) is 4.16. The van der Waals surface area contributed by atoms with Gasteiger partial charge in [-0.3, -0.25) is 9.48 Å². The normalized spacial score (nSPS) is 17.9. The molecule has 20 heavy (non-hydrogen) atoms. The summed E-state index contributed by atoms with van der Waals surface area (Å²) in [4.78, 5) is 12.1. The quantitative estimate of drug-likeness (QED) is 0.860. The largest absolute Gasteiger partial charge is 0.352 e. The molecule has 1 fully saturated rings. The summed E-state index contributed by atoms with van der Waals surface area (Å²) >= 11 is 0. The summed E-state index contributed by atoms with van der Waals surface area (Å²) in [6.45, 7) is 2.62. The van der Waals surface area contributed by atoms with E-state index in [-0.39, 0.29) is 11.4 Å². The van der Waals surface area contributed by atoms with Crippen LogP contribution >= 0.6 is 0 Å². The molecule has 0 atom stereocenters. The van der Waals surface area contributed by atoms with Crippen LogP contribution in [0.25, 0.3) is 0 Å². The minimum atomic E-state index is -0.287. The maximum atomic E-state index is 12.1. The van der Waals surface area contributed by atoms with Gasteiger partial charge in [0, 0.05) is 37.3 Å². The zero-order valence-electron chi connectivity index (χ0n) is 12.6. The Kier molecular flexibility index (Phi) is 4.81. The number of hydrogen-bond acceptors (Lipinski definition) is 3. The summed E-state index contributed by atoms with van der Waals surface area (Å²) in [6, 6.07) is 0. The minimum Gasteiger partial charge on any atom is -0.352 e. The van der Waals surface area contributed by atoms with Gasteiger partial charge >= 0.3 is 0 Å². The van der Waals surface area contributed by atoms with E-state index in [0.717, 1.165) is 43.4 Å². The predicted molar refractivity (Wildman–Crippen MR) is 79.1 cm³/mol. The number of nitrogens with one attached hydrogen (secondary N) is 1. The van der Waals surface area contributed by atoms with Gasteiger partial charge in [0.1, 0.15) is 0 Å². The number of nitrogens with zero attached hydrogens (tertiary/aromatic N) is 2. The average molecular weight is 278 g/mol. The summed E-state index contributed by atoms with van der Waals surface area (Å²) in [5.41, 5.74) is 8.17. The fraction of sp³-hybridized carbons (Fsp3) is 0.733. The van der Waals surface area contributed by atoms with Crippen LogP contribution in [0.3, 0.4) is 0 Å². The van der Waals surface area contributed by atoms with Crippen LogP contribution in [0, 0.1) is 0 Å². The number of carbonyl (C=O) groups is 1. The average Bonchev–Trinajstić information content (AvgIpc) is 2.77. The molecular formula is C15H26N4O. The molecule has 0 radical (unpaired) electrons. The van der Waals surface area contributed by atoms with Crippen molar-refractivity contribution < 1.29 is 4.79 Å². The second-order valence-electron chi connectivity index (χ2n) is 6.00. The molecule has 0 saturated heterocycles. The lowest BCUT2D eigenvalue weighted by Gasteiger charge is -2.32. The Morgan fingerprint density at radius 2 is 2.15 bits per heavy atom. The van der Waals surface area contributed by atoms with Gasteiger partial charge in [-0.1, -0.05) is 26.2 Å². The van der Waals surface area contributed by atoms with Crippen molar-refractivity contribution in [2.45, 2.75) is 64.0 Å². The summed E-state index contributed by atoms with van der Waals surface area (Å²) in [5.74, 6) is 0.0558. The molecule has 0 aliphatic heterocycles. The Bertz CT molecular complexity index is 460. The third-order valence-corrected chi connectivity index (χ3v) is 4.16. The van der Waals surface area contributed by atoms with Gasteiger partial charge in [0.25, 0.3) is 0 Å².